The monoisotopic (exact) mass is 338 g/mol. The van der Waals surface area contributed by atoms with Crippen molar-refractivity contribution in [3.63, 3.8) is 0 Å². The van der Waals surface area contributed by atoms with E-state index in [1.54, 1.807) is 49.0 Å². The van der Waals surface area contributed by atoms with Gasteiger partial charge in [0.25, 0.3) is 11.8 Å². The van der Waals surface area contributed by atoms with Crippen molar-refractivity contribution >= 4 is 11.8 Å². The number of hydrogen-bond donors (Lipinski definition) is 2. The van der Waals surface area contributed by atoms with Gasteiger partial charge in [-0.05, 0) is 60.4 Å². The van der Waals surface area contributed by atoms with Gasteiger partial charge < -0.3 is 9.64 Å². The Kier molecular flexibility index (Phi) is 3.69. The predicted octanol–water partition coefficient (Wildman–Crippen LogP) is 2.85. The van der Waals surface area contributed by atoms with Crippen LogP contribution < -0.4 is 10.2 Å². The normalized spacial score (nSPS) is 20.3. The summed E-state index contributed by atoms with van der Waals surface area (Å²) in [6, 6.07) is 12.5. The number of hydroxylamine groups is 1. The van der Waals surface area contributed by atoms with Crippen molar-refractivity contribution in [2.75, 3.05) is 7.11 Å². The molecule has 0 aromatic heterocycles. The van der Waals surface area contributed by atoms with Crippen LogP contribution in [0.25, 0.3) is 0 Å². The largest absolute Gasteiger partial charge is 0.497 e. The number of fused-ring (bicyclic) bond motifs is 5. The quantitative estimate of drug-likeness (QED) is 0.666. The van der Waals surface area contributed by atoms with E-state index < -0.39 is 5.91 Å². The molecule has 6 heteroatoms. The number of benzene rings is 2. The van der Waals surface area contributed by atoms with Crippen LogP contribution in [0.4, 0.5) is 0 Å². The molecule has 2 atom stereocenters. The van der Waals surface area contributed by atoms with E-state index in [-0.39, 0.29) is 18.0 Å². The van der Waals surface area contributed by atoms with Gasteiger partial charge >= 0.3 is 0 Å². The molecular formula is C19H18N2O4. The van der Waals surface area contributed by atoms with Gasteiger partial charge in [-0.2, -0.15) is 0 Å². The SMILES string of the molecule is COc1ccc(C(=O)N2C3CCC2c2cc(C(=O)NO)ccc23)cc1. The number of methoxy groups -OCH3 is 1. The summed E-state index contributed by atoms with van der Waals surface area (Å²) in [5.41, 5.74) is 4.76. The number of ether oxygens (including phenoxy) is 1. The standard InChI is InChI=1S/C19H18N2O4/c1-25-13-5-2-11(3-6-13)19(23)21-16-8-9-17(21)15-10-12(18(22)20-24)4-7-14(15)16/h2-7,10,16-17,24H,8-9H2,1H3,(H,20,22). The minimum absolute atomic E-state index is 0.0143. The highest BCUT2D eigenvalue weighted by molar-refractivity contribution is 5.96. The summed E-state index contributed by atoms with van der Waals surface area (Å²) < 4.78 is 5.14. The number of nitrogens with one attached hydrogen (secondary N) is 1. The van der Waals surface area contributed by atoms with E-state index in [0.29, 0.717) is 16.9 Å². The molecule has 4 rings (SSSR count). The fraction of sp³-hybridized carbons (Fsp3) is 0.263. The van der Waals surface area contributed by atoms with Crippen LogP contribution in [-0.2, 0) is 0 Å². The van der Waals surface area contributed by atoms with Gasteiger partial charge in [0.15, 0.2) is 0 Å². The van der Waals surface area contributed by atoms with Crippen LogP contribution in [0.3, 0.4) is 0 Å². The molecule has 2 aliphatic rings. The van der Waals surface area contributed by atoms with E-state index in [0.717, 1.165) is 24.0 Å². The van der Waals surface area contributed by atoms with E-state index in [1.807, 2.05) is 11.0 Å². The Bertz CT molecular complexity index is 847. The molecule has 0 saturated carbocycles. The van der Waals surface area contributed by atoms with Gasteiger partial charge in [-0.15, -0.1) is 0 Å². The molecule has 2 amide bonds. The van der Waals surface area contributed by atoms with Crippen LogP contribution >= 0.6 is 0 Å². The van der Waals surface area contributed by atoms with Crippen molar-refractivity contribution < 1.29 is 19.5 Å². The third-order valence-electron chi connectivity index (χ3n) is 5.13. The van der Waals surface area contributed by atoms with E-state index in [1.165, 1.54) is 0 Å². The molecule has 2 heterocycles. The van der Waals surface area contributed by atoms with Crippen LogP contribution in [0.5, 0.6) is 5.75 Å². The lowest BCUT2D eigenvalue weighted by atomic mass is 9.90. The van der Waals surface area contributed by atoms with Crippen LogP contribution in [0, 0.1) is 0 Å². The Morgan fingerprint density at radius 1 is 1.04 bits per heavy atom. The van der Waals surface area contributed by atoms with Gasteiger partial charge in [-0.1, -0.05) is 6.07 Å². The second kappa shape index (κ2) is 5.89. The maximum atomic E-state index is 13.0. The number of carbonyl (C=O) groups is 2. The van der Waals surface area contributed by atoms with Gasteiger partial charge in [-0.3, -0.25) is 14.8 Å². The molecule has 2 aliphatic heterocycles. The maximum Gasteiger partial charge on any atom is 0.274 e. The summed E-state index contributed by atoms with van der Waals surface area (Å²) in [6.07, 6.45) is 1.80. The Balaban J connectivity index is 1.66. The molecule has 0 radical (unpaired) electrons. The lowest BCUT2D eigenvalue weighted by Gasteiger charge is -2.22. The molecular weight excluding hydrogens is 320 g/mol. The number of carbonyl (C=O) groups excluding carboxylic acids is 2. The van der Waals surface area contributed by atoms with Crippen molar-refractivity contribution in [2.24, 2.45) is 0 Å². The molecule has 2 unspecified atom stereocenters. The summed E-state index contributed by atoms with van der Waals surface area (Å²) in [5, 5.41) is 8.83. The Morgan fingerprint density at radius 3 is 2.32 bits per heavy atom. The molecule has 0 spiro atoms. The van der Waals surface area contributed by atoms with Crippen molar-refractivity contribution in [3.05, 3.63) is 64.7 Å². The first kappa shape index (κ1) is 15.7. The van der Waals surface area contributed by atoms with Crippen molar-refractivity contribution in [2.45, 2.75) is 24.9 Å². The highest BCUT2D eigenvalue weighted by atomic mass is 16.5. The van der Waals surface area contributed by atoms with Gasteiger partial charge in [0.2, 0.25) is 0 Å². The predicted molar refractivity (Wildman–Crippen MR) is 89.6 cm³/mol. The van der Waals surface area contributed by atoms with Gasteiger partial charge in [0.1, 0.15) is 5.75 Å². The zero-order valence-corrected chi connectivity index (χ0v) is 13.7. The highest BCUT2D eigenvalue weighted by Crippen LogP contribution is 2.53. The average molecular weight is 338 g/mol. The van der Waals surface area contributed by atoms with E-state index in [4.69, 9.17) is 9.94 Å². The second-order valence-electron chi connectivity index (χ2n) is 6.33. The van der Waals surface area contributed by atoms with E-state index in [9.17, 15) is 9.59 Å². The third-order valence-corrected chi connectivity index (χ3v) is 5.13. The minimum Gasteiger partial charge on any atom is -0.497 e. The summed E-state index contributed by atoms with van der Waals surface area (Å²) in [6.45, 7) is 0. The lowest BCUT2D eigenvalue weighted by molar-refractivity contribution is 0.0696. The molecule has 0 aliphatic carbocycles. The molecule has 1 fully saturated rings. The minimum atomic E-state index is -0.543. The fourth-order valence-corrected chi connectivity index (χ4v) is 3.96. The van der Waals surface area contributed by atoms with Gasteiger partial charge in [0.05, 0.1) is 19.2 Å². The Morgan fingerprint density at radius 2 is 1.68 bits per heavy atom. The molecule has 128 valence electrons. The molecule has 2 N–H and O–H groups in total. The molecule has 2 aromatic carbocycles. The first-order chi connectivity index (χ1) is 12.1. The maximum absolute atomic E-state index is 13.0. The summed E-state index contributed by atoms with van der Waals surface area (Å²) >= 11 is 0. The smallest absolute Gasteiger partial charge is 0.274 e. The molecule has 2 aromatic rings. The second-order valence-corrected chi connectivity index (χ2v) is 6.33. The van der Waals surface area contributed by atoms with Crippen LogP contribution in [0.15, 0.2) is 42.5 Å². The molecule has 2 bridgehead atoms. The average Bonchev–Trinajstić information content (AvgIpc) is 3.23. The number of hydrogen-bond acceptors (Lipinski definition) is 4. The lowest BCUT2D eigenvalue weighted by Crippen LogP contribution is -2.27. The first-order valence-electron chi connectivity index (χ1n) is 8.19. The zero-order chi connectivity index (χ0) is 17.6. The van der Waals surface area contributed by atoms with Crippen LogP contribution in [0.1, 0.15) is 56.8 Å². The van der Waals surface area contributed by atoms with Crippen LogP contribution in [0.2, 0.25) is 0 Å². The molecule has 25 heavy (non-hydrogen) atoms. The fourth-order valence-electron chi connectivity index (χ4n) is 3.96. The Hall–Kier alpha value is -2.86. The Labute approximate surface area is 145 Å². The summed E-state index contributed by atoms with van der Waals surface area (Å²) in [4.78, 5) is 26.6. The number of rotatable bonds is 3. The van der Waals surface area contributed by atoms with E-state index in [2.05, 4.69) is 0 Å². The van der Waals surface area contributed by atoms with Crippen molar-refractivity contribution in [3.8, 4) is 5.75 Å². The first-order valence-corrected chi connectivity index (χ1v) is 8.19. The van der Waals surface area contributed by atoms with Gasteiger partial charge in [0, 0.05) is 11.1 Å². The number of nitrogens with zero attached hydrogens (tertiary/aromatic N) is 1. The topological polar surface area (TPSA) is 78.9 Å². The van der Waals surface area contributed by atoms with Crippen LogP contribution in [-0.4, -0.2) is 29.0 Å². The number of amides is 2. The van der Waals surface area contributed by atoms with Crippen molar-refractivity contribution in [1.82, 2.24) is 10.4 Å². The summed E-state index contributed by atoms with van der Waals surface area (Å²) in [5.74, 6) is 0.155. The molecule has 6 nitrogen and oxygen atoms in total. The van der Waals surface area contributed by atoms with E-state index >= 15 is 0 Å². The molecule has 1 saturated heterocycles. The summed E-state index contributed by atoms with van der Waals surface area (Å²) in [7, 11) is 1.59. The highest BCUT2D eigenvalue weighted by Gasteiger charge is 2.46. The zero-order valence-electron chi connectivity index (χ0n) is 13.7. The third kappa shape index (κ3) is 2.37. The van der Waals surface area contributed by atoms with Crippen molar-refractivity contribution in [1.29, 1.82) is 0 Å². The van der Waals surface area contributed by atoms with Gasteiger partial charge in [-0.25, -0.2) is 5.48 Å².